The fourth-order valence-corrected chi connectivity index (χ4v) is 5.95. The van der Waals surface area contributed by atoms with Gasteiger partial charge in [0.2, 0.25) is 5.91 Å². The molecule has 5 rings (SSSR count). The van der Waals surface area contributed by atoms with E-state index in [2.05, 4.69) is 5.32 Å². The van der Waals surface area contributed by atoms with Crippen LogP contribution in [0.15, 0.2) is 78.0 Å². The molecule has 1 aliphatic carbocycles. The van der Waals surface area contributed by atoms with Crippen molar-refractivity contribution < 1.29 is 33.7 Å². The van der Waals surface area contributed by atoms with Crippen molar-refractivity contribution in [3.8, 4) is 17.2 Å². The molecule has 230 valence electrons. The summed E-state index contributed by atoms with van der Waals surface area (Å²) in [5, 5.41) is 12.9. The lowest BCUT2D eigenvalue weighted by Gasteiger charge is -2.36. The summed E-state index contributed by atoms with van der Waals surface area (Å²) in [7, 11) is 3.16. The zero-order chi connectivity index (χ0) is 31.4. The number of nitrogens with one attached hydrogen (secondary N) is 1. The van der Waals surface area contributed by atoms with Gasteiger partial charge in [-0.1, -0.05) is 43.3 Å². The normalized spacial score (nSPS) is 18.4. The van der Waals surface area contributed by atoms with Gasteiger partial charge in [-0.05, 0) is 61.6 Å². The maximum absolute atomic E-state index is 14.4. The first-order valence-electron chi connectivity index (χ1n) is 14.9. The highest BCUT2D eigenvalue weighted by Gasteiger charge is 2.42. The number of anilines is 2. The molecule has 0 saturated carbocycles. The molecular weight excluding hydrogens is 560 g/mol. The van der Waals surface area contributed by atoms with Crippen molar-refractivity contribution in [2.24, 2.45) is 0 Å². The Morgan fingerprint density at radius 1 is 0.955 bits per heavy atom. The molecule has 0 saturated heterocycles. The van der Waals surface area contributed by atoms with Gasteiger partial charge < -0.3 is 24.6 Å². The molecular formula is C35H38N2O7. The smallest absolute Gasteiger partial charge is 0.303 e. The molecule has 0 fully saturated rings. The number of carboxylic acids is 1. The molecule has 9 heteroatoms. The highest BCUT2D eigenvalue weighted by atomic mass is 16.5. The molecule has 0 unspecified atom stereocenters. The topological polar surface area (TPSA) is 114 Å². The Hall–Kier alpha value is -4.79. The zero-order valence-electron chi connectivity index (χ0n) is 25.5. The predicted octanol–water partition coefficient (Wildman–Crippen LogP) is 6.65. The fourth-order valence-electron chi connectivity index (χ4n) is 5.95. The predicted molar refractivity (Wildman–Crippen MR) is 168 cm³/mol. The van der Waals surface area contributed by atoms with E-state index in [0.717, 1.165) is 12.0 Å². The molecule has 9 nitrogen and oxygen atoms in total. The van der Waals surface area contributed by atoms with E-state index in [9.17, 15) is 19.5 Å². The highest BCUT2D eigenvalue weighted by Crippen LogP contribution is 2.49. The lowest BCUT2D eigenvalue weighted by Crippen LogP contribution is -2.39. The summed E-state index contributed by atoms with van der Waals surface area (Å²) in [4.78, 5) is 41.5. The van der Waals surface area contributed by atoms with Crippen LogP contribution in [0.1, 0.15) is 69.0 Å². The first-order valence-corrected chi connectivity index (χ1v) is 14.9. The minimum Gasteiger partial charge on any atom is -0.493 e. The second kappa shape index (κ2) is 13.2. The van der Waals surface area contributed by atoms with E-state index >= 15 is 0 Å². The van der Waals surface area contributed by atoms with Gasteiger partial charge >= 0.3 is 5.97 Å². The summed E-state index contributed by atoms with van der Waals surface area (Å²) in [5.74, 6) is 0.0439. The van der Waals surface area contributed by atoms with Crippen LogP contribution in [0.4, 0.5) is 11.4 Å². The Kier molecular flexibility index (Phi) is 9.23. The molecule has 1 heterocycles. The summed E-state index contributed by atoms with van der Waals surface area (Å²) < 4.78 is 17.3. The van der Waals surface area contributed by atoms with Crippen LogP contribution in [0.5, 0.6) is 17.2 Å². The fraction of sp³-hybridized carbons (Fsp3) is 0.343. The van der Waals surface area contributed by atoms with Crippen LogP contribution in [0, 0.1) is 0 Å². The Bertz CT molecular complexity index is 1600. The molecule has 0 aromatic heterocycles. The number of carboxylic acid groups (broad SMARTS) is 1. The van der Waals surface area contributed by atoms with Crippen molar-refractivity contribution >= 4 is 29.0 Å². The average molecular weight is 599 g/mol. The van der Waals surface area contributed by atoms with E-state index < -0.39 is 17.9 Å². The second-order valence-electron chi connectivity index (χ2n) is 11.1. The molecule has 0 spiro atoms. The number of hydrogen-bond acceptors (Lipinski definition) is 7. The van der Waals surface area contributed by atoms with Crippen molar-refractivity contribution in [2.45, 2.75) is 64.0 Å². The number of rotatable bonds is 10. The van der Waals surface area contributed by atoms with E-state index in [-0.39, 0.29) is 37.1 Å². The number of amides is 1. The van der Waals surface area contributed by atoms with Gasteiger partial charge in [0, 0.05) is 29.7 Å². The Morgan fingerprint density at radius 2 is 1.68 bits per heavy atom. The molecule has 2 N–H and O–H groups in total. The second-order valence-corrected chi connectivity index (χ2v) is 11.1. The number of carbonyl (C=O) groups excluding carboxylic acids is 2. The number of hydrogen-bond donors (Lipinski definition) is 2. The van der Waals surface area contributed by atoms with Crippen LogP contribution < -0.4 is 24.4 Å². The lowest BCUT2D eigenvalue weighted by atomic mass is 9.78. The molecule has 0 radical (unpaired) electrons. The van der Waals surface area contributed by atoms with E-state index in [4.69, 9.17) is 14.2 Å². The number of allylic oxidation sites excluding steroid dienone is 1. The number of fused-ring (bicyclic) bond motifs is 1. The quantitative estimate of drug-likeness (QED) is 0.267. The van der Waals surface area contributed by atoms with Crippen LogP contribution >= 0.6 is 0 Å². The minimum atomic E-state index is -1.07. The largest absolute Gasteiger partial charge is 0.493 e. The van der Waals surface area contributed by atoms with Gasteiger partial charge in [-0.2, -0.15) is 0 Å². The highest BCUT2D eigenvalue weighted by molar-refractivity contribution is 6.07. The van der Waals surface area contributed by atoms with Crippen molar-refractivity contribution in [3.63, 3.8) is 0 Å². The third kappa shape index (κ3) is 6.13. The summed E-state index contributed by atoms with van der Waals surface area (Å²) in [6.45, 7) is 4.00. The van der Waals surface area contributed by atoms with Gasteiger partial charge in [0.05, 0.1) is 44.2 Å². The first-order chi connectivity index (χ1) is 21.2. The maximum atomic E-state index is 14.4. The van der Waals surface area contributed by atoms with Crippen LogP contribution in [0.25, 0.3) is 0 Å². The van der Waals surface area contributed by atoms with Gasteiger partial charge in [-0.25, -0.2) is 0 Å². The third-order valence-electron chi connectivity index (χ3n) is 8.31. The minimum absolute atomic E-state index is 0.103. The van der Waals surface area contributed by atoms with Gasteiger partial charge in [0.25, 0.3) is 0 Å². The molecule has 2 aliphatic rings. The van der Waals surface area contributed by atoms with Crippen molar-refractivity contribution in [3.05, 3.63) is 89.1 Å². The molecule has 1 amide bonds. The van der Waals surface area contributed by atoms with E-state index in [1.807, 2.05) is 80.6 Å². The molecule has 44 heavy (non-hydrogen) atoms. The SMILES string of the molecule is CC[C@H](C)Oc1ccccc1[C@H]1C2=C(C[C@H](c3ccc(OC)c(OC)c3)CC2=O)Nc2ccccc2N1C(=O)CCC(=O)O. The number of carbonyl (C=O) groups is 3. The molecule has 3 atom stereocenters. The summed E-state index contributed by atoms with van der Waals surface area (Å²) in [5.41, 5.74) is 4.02. The zero-order valence-corrected chi connectivity index (χ0v) is 25.5. The number of ketones is 1. The summed E-state index contributed by atoms with van der Waals surface area (Å²) in [6.07, 6.45) is 0.837. The van der Waals surface area contributed by atoms with Crippen molar-refractivity contribution in [1.29, 1.82) is 0 Å². The first kappa shape index (κ1) is 30.7. The van der Waals surface area contributed by atoms with Crippen LogP contribution in [-0.4, -0.2) is 43.1 Å². The monoisotopic (exact) mass is 598 g/mol. The number of benzene rings is 3. The van der Waals surface area contributed by atoms with E-state index in [1.165, 1.54) is 0 Å². The van der Waals surface area contributed by atoms with Crippen LogP contribution in [-0.2, 0) is 14.4 Å². The average Bonchev–Trinajstić information content (AvgIpc) is 3.18. The van der Waals surface area contributed by atoms with E-state index in [0.29, 0.717) is 51.9 Å². The number of Topliss-reactive ketones (excluding diaryl/α,β-unsaturated/α-hetero) is 1. The molecule has 3 aromatic carbocycles. The van der Waals surface area contributed by atoms with Crippen LogP contribution in [0.2, 0.25) is 0 Å². The lowest BCUT2D eigenvalue weighted by molar-refractivity contribution is -0.138. The van der Waals surface area contributed by atoms with Crippen LogP contribution in [0.3, 0.4) is 0 Å². The number of methoxy groups -OCH3 is 2. The van der Waals surface area contributed by atoms with Gasteiger partial charge in [0.15, 0.2) is 17.3 Å². The van der Waals surface area contributed by atoms with Crippen molar-refractivity contribution in [2.75, 3.05) is 24.4 Å². The van der Waals surface area contributed by atoms with E-state index in [1.54, 1.807) is 19.1 Å². The van der Waals surface area contributed by atoms with Crippen molar-refractivity contribution in [1.82, 2.24) is 0 Å². The Labute approximate surface area is 257 Å². The number of aliphatic carboxylic acids is 1. The standard InChI is InChI=1S/C35H38N2O7/c1-5-21(2)44-29-13-9-6-10-24(29)35-34-26(18-23(19-28(34)38)22-14-15-30(42-3)31(20-22)43-4)36-25-11-7-8-12-27(25)37(35)32(39)16-17-33(40)41/h6-15,20-21,23,35-36H,5,16-19H2,1-4H3,(H,40,41)/t21-,23-,35-/m0/s1. The number of ether oxygens (including phenoxy) is 3. The van der Waals surface area contributed by atoms with Gasteiger partial charge in [-0.15, -0.1) is 0 Å². The third-order valence-corrected chi connectivity index (χ3v) is 8.31. The number of para-hydroxylation sites is 3. The molecule has 3 aromatic rings. The number of nitrogens with zero attached hydrogens (tertiary/aromatic N) is 1. The summed E-state index contributed by atoms with van der Waals surface area (Å²) in [6, 6.07) is 19.7. The van der Waals surface area contributed by atoms with Gasteiger partial charge in [-0.3, -0.25) is 19.3 Å². The Morgan fingerprint density at radius 3 is 2.41 bits per heavy atom. The maximum Gasteiger partial charge on any atom is 0.303 e. The Balaban J connectivity index is 1.69. The molecule has 0 bridgehead atoms. The summed E-state index contributed by atoms with van der Waals surface area (Å²) >= 11 is 0. The molecule has 1 aliphatic heterocycles. The van der Waals surface area contributed by atoms with Gasteiger partial charge in [0.1, 0.15) is 5.75 Å².